The third-order valence-corrected chi connectivity index (χ3v) is 3.96. The number of hydrogen-bond acceptors (Lipinski definition) is 2. The van der Waals surface area contributed by atoms with Crippen LogP contribution in [0.25, 0.3) is 0 Å². The number of rotatable bonds is 5. The van der Waals surface area contributed by atoms with Crippen molar-refractivity contribution in [3.63, 3.8) is 0 Å². The molecule has 0 spiro atoms. The van der Waals surface area contributed by atoms with Gasteiger partial charge in [0.15, 0.2) is 0 Å². The third-order valence-electron chi connectivity index (χ3n) is 3.96. The van der Waals surface area contributed by atoms with E-state index in [2.05, 4.69) is 11.4 Å². The minimum Gasteiger partial charge on any atom is -0.313 e. The highest BCUT2D eigenvalue weighted by atomic mass is 19.1. The highest BCUT2D eigenvalue weighted by molar-refractivity contribution is 5.37. The van der Waals surface area contributed by atoms with Gasteiger partial charge < -0.3 is 5.32 Å². The number of halogens is 1. The van der Waals surface area contributed by atoms with Gasteiger partial charge in [0.1, 0.15) is 5.82 Å². The van der Waals surface area contributed by atoms with Gasteiger partial charge in [-0.1, -0.05) is 32.1 Å². The Bertz CT molecular complexity index is 445. The zero-order valence-electron chi connectivity index (χ0n) is 11.3. The molecule has 0 aliphatic heterocycles. The summed E-state index contributed by atoms with van der Waals surface area (Å²) in [6, 6.07) is 6.44. The van der Waals surface area contributed by atoms with Crippen LogP contribution in [0.5, 0.6) is 0 Å². The predicted octanol–water partition coefficient (Wildman–Crippen LogP) is 3.76. The molecule has 0 bridgehead atoms. The fourth-order valence-corrected chi connectivity index (χ4v) is 2.82. The lowest BCUT2D eigenvalue weighted by Crippen LogP contribution is -2.19. The van der Waals surface area contributed by atoms with Crippen molar-refractivity contribution in [1.29, 1.82) is 5.26 Å². The molecule has 1 aromatic carbocycles. The summed E-state index contributed by atoms with van der Waals surface area (Å²) < 4.78 is 13.1. The number of nitriles is 1. The first-order chi connectivity index (χ1) is 9.29. The van der Waals surface area contributed by atoms with Gasteiger partial charge in [0.25, 0.3) is 0 Å². The van der Waals surface area contributed by atoms with Gasteiger partial charge in [-0.15, -0.1) is 0 Å². The Labute approximate surface area is 114 Å². The van der Waals surface area contributed by atoms with E-state index in [1.807, 2.05) is 0 Å². The van der Waals surface area contributed by atoms with Crippen molar-refractivity contribution < 1.29 is 4.39 Å². The highest BCUT2D eigenvalue weighted by Crippen LogP contribution is 2.25. The Morgan fingerprint density at radius 1 is 1.26 bits per heavy atom. The van der Waals surface area contributed by atoms with Crippen LogP contribution in [0.4, 0.5) is 4.39 Å². The Balaban J connectivity index is 1.76. The van der Waals surface area contributed by atoms with Crippen molar-refractivity contribution in [2.24, 2.45) is 5.92 Å². The fourth-order valence-electron chi connectivity index (χ4n) is 2.82. The largest absolute Gasteiger partial charge is 0.313 e. The van der Waals surface area contributed by atoms with Crippen molar-refractivity contribution in [1.82, 2.24) is 5.32 Å². The van der Waals surface area contributed by atoms with Crippen LogP contribution in [-0.2, 0) is 6.54 Å². The van der Waals surface area contributed by atoms with Crippen LogP contribution in [0, 0.1) is 23.1 Å². The quantitative estimate of drug-likeness (QED) is 0.818. The second-order valence-corrected chi connectivity index (χ2v) is 5.38. The van der Waals surface area contributed by atoms with Crippen LogP contribution < -0.4 is 5.32 Å². The van der Waals surface area contributed by atoms with E-state index in [1.54, 1.807) is 6.07 Å². The van der Waals surface area contributed by atoms with E-state index in [1.165, 1.54) is 50.7 Å². The first-order valence-electron chi connectivity index (χ1n) is 7.19. The Morgan fingerprint density at radius 2 is 2.05 bits per heavy atom. The molecule has 102 valence electrons. The SMILES string of the molecule is N#Cc1ccc(F)cc1CNCCC1CCCCC1. The zero-order valence-corrected chi connectivity index (χ0v) is 11.3. The van der Waals surface area contributed by atoms with Crippen LogP contribution in [0.3, 0.4) is 0 Å². The summed E-state index contributed by atoms with van der Waals surface area (Å²) in [6.07, 6.45) is 8.02. The van der Waals surface area contributed by atoms with Gasteiger partial charge in [-0.25, -0.2) is 4.39 Å². The molecule has 1 fully saturated rings. The first-order valence-corrected chi connectivity index (χ1v) is 7.19. The minimum atomic E-state index is -0.275. The van der Waals surface area contributed by atoms with E-state index in [0.29, 0.717) is 12.1 Å². The topological polar surface area (TPSA) is 35.8 Å². The third kappa shape index (κ3) is 4.33. The Hall–Kier alpha value is -1.40. The molecule has 0 saturated heterocycles. The number of nitrogens with zero attached hydrogens (tertiary/aromatic N) is 1. The normalized spacial score (nSPS) is 16.2. The smallest absolute Gasteiger partial charge is 0.123 e. The molecule has 2 nitrogen and oxygen atoms in total. The summed E-state index contributed by atoms with van der Waals surface area (Å²) in [4.78, 5) is 0. The molecule has 1 aromatic rings. The molecule has 3 heteroatoms. The molecule has 0 unspecified atom stereocenters. The van der Waals surface area contributed by atoms with E-state index >= 15 is 0 Å². The Morgan fingerprint density at radius 3 is 2.79 bits per heavy atom. The minimum absolute atomic E-state index is 0.275. The fraction of sp³-hybridized carbons (Fsp3) is 0.562. The van der Waals surface area contributed by atoms with Gasteiger partial charge in [0, 0.05) is 6.54 Å². The molecule has 0 radical (unpaired) electrons. The number of nitrogens with one attached hydrogen (secondary N) is 1. The van der Waals surface area contributed by atoms with E-state index in [9.17, 15) is 4.39 Å². The predicted molar refractivity (Wildman–Crippen MR) is 74.0 cm³/mol. The van der Waals surface area contributed by atoms with Gasteiger partial charge in [0.05, 0.1) is 11.6 Å². The van der Waals surface area contributed by atoms with E-state index in [0.717, 1.165) is 18.0 Å². The van der Waals surface area contributed by atoms with Crippen molar-refractivity contribution in [3.05, 3.63) is 35.1 Å². The maximum absolute atomic E-state index is 13.1. The van der Waals surface area contributed by atoms with Crippen molar-refractivity contribution in [2.45, 2.75) is 45.1 Å². The molecule has 1 saturated carbocycles. The molecule has 0 amide bonds. The molecular formula is C16H21FN2. The molecule has 0 aromatic heterocycles. The maximum atomic E-state index is 13.1. The zero-order chi connectivity index (χ0) is 13.5. The van der Waals surface area contributed by atoms with Crippen molar-refractivity contribution >= 4 is 0 Å². The van der Waals surface area contributed by atoms with Crippen LogP contribution in [0.1, 0.15) is 49.7 Å². The molecule has 2 rings (SSSR count). The molecule has 19 heavy (non-hydrogen) atoms. The summed E-state index contributed by atoms with van der Waals surface area (Å²) in [5.41, 5.74) is 1.32. The summed E-state index contributed by atoms with van der Waals surface area (Å²) in [7, 11) is 0. The van der Waals surface area contributed by atoms with Crippen molar-refractivity contribution in [2.75, 3.05) is 6.54 Å². The van der Waals surface area contributed by atoms with Gasteiger partial charge >= 0.3 is 0 Å². The highest BCUT2D eigenvalue weighted by Gasteiger charge is 2.12. The second kappa shape index (κ2) is 7.25. The van der Waals surface area contributed by atoms with Crippen LogP contribution in [0.15, 0.2) is 18.2 Å². The summed E-state index contributed by atoms with van der Waals surface area (Å²) in [5.74, 6) is 0.576. The summed E-state index contributed by atoms with van der Waals surface area (Å²) in [6.45, 7) is 1.53. The Kier molecular flexibility index (Phi) is 5.35. The average Bonchev–Trinajstić information content (AvgIpc) is 2.45. The summed E-state index contributed by atoms with van der Waals surface area (Å²) >= 11 is 0. The molecule has 0 atom stereocenters. The average molecular weight is 260 g/mol. The van der Waals surface area contributed by atoms with Crippen LogP contribution >= 0.6 is 0 Å². The molecule has 1 N–H and O–H groups in total. The van der Waals surface area contributed by atoms with Crippen LogP contribution in [0.2, 0.25) is 0 Å². The second-order valence-electron chi connectivity index (χ2n) is 5.38. The lowest BCUT2D eigenvalue weighted by Gasteiger charge is -2.21. The molecule has 1 aliphatic rings. The van der Waals surface area contributed by atoms with Gasteiger partial charge in [0.2, 0.25) is 0 Å². The van der Waals surface area contributed by atoms with Gasteiger partial charge in [-0.05, 0) is 42.6 Å². The standard InChI is InChI=1S/C16H21FN2/c17-16-7-6-14(11-18)15(10-16)12-19-9-8-13-4-2-1-3-5-13/h6-7,10,13,19H,1-5,8-9,12H2. The first kappa shape index (κ1) is 14.0. The summed E-state index contributed by atoms with van der Waals surface area (Å²) in [5, 5.41) is 12.3. The number of benzene rings is 1. The lowest BCUT2D eigenvalue weighted by molar-refractivity contribution is 0.334. The van der Waals surface area contributed by atoms with E-state index < -0.39 is 0 Å². The van der Waals surface area contributed by atoms with Crippen LogP contribution in [-0.4, -0.2) is 6.54 Å². The van der Waals surface area contributed by atoms with Gasteiger partial charge in [-0.3, -0.25) is 0 Å². The number of hydrogen-bond donors (Lipinski definition) is 1. The van der Waals surface area contributed by atoms with E-state index in [4.69, 9.17) is 5.26 Å². The van der Waals surface area contributed by atoms with Crippen molar-refractivity contribution in [3.8, 4) is 6.07 Å². The maximum Gasteiger partial charge on any atom is 0.123 e. The van der Waals surface area contributed by atoms with E-state index in [-0.39, 0.29) is 5.82 Å². The molecular weight excluding hydrogens is 239 g/mol. The lowest BCUT2D eigenvalue weighted by atomic mass is 9.87. The molecule has 1 aliphatic carbocycles. The molecule has 0 heterocycles. The monoisotopic (exact) mass is 260 g/mol. The van der Waals surface area contributed by atoms with Gasteiger partial charge in [-0.2, -0.15) is 5.26 Å².